The number of piperidine rings is 2. The van der Waals surface area contributed by atoms with E-state index in [9.17, 15) is 9.59 Å². The second-order valence-corrected chi connectivity index (χ2v) is 6.49. The maximum absolute atomic E-state index is 12.8. The monoisotopic (exact) mass is 325 g/mol. The number of rotatable bonds is 6. The molecule has 1 atom stereocenters. The van der Waals surface area contributed by atoms with Crippen molar-refractivity contribution in [2.45, 2.75) is 64.0 Å². The van der Waals surface area contributed by atoms with Crippen LogP contribution in [0, 0.1) is 0 Å². The fourth-order valence-electron chi connectivity index (χ4n) is 3.48. The van der Waals surface area contributed by atoms with Crippen LogP contribution in [-0.2, 0) is 14.3 Å². The van der Waals surface area contributed by atoms with Crippen LogP contribution >= 0.6 is 0 Å². The zero-order valence-corrected chi connectivity index (χ0v) is 14.3. The van der Waals surface area contributed by atoms with E-state index >= 15 is 0 Å². The molecule has 2 rings (SSSR count). The number of amides is 2. The highest BCUT2D eigenvalue weighted by atomic mass is 16.5. The number of hydrogen-bond acceptors (Lipinski definition) is 4. The van der Waals surface area contributed by atoms with Gasteiger partial charge in [0.25, 0.3) is 0 Å². The first-order valence-corrected chi connectivity index (χ1v) is 9.07. The second kappa shape index (κ2) is 9.23. The summed E-state index contributed by atoms with van der Waals surface area (Å²) in [4.78, 5) is 28.6. The van der Waals surface area contributed by atoms with Gasteiger partial charge in [-0.3, -0.25) is 9.59 Å². The first-order valence-electron chi connectivity index (χ1n) is 9.07. The van der Waals surface area contributed by atoms with E-state index in [0.717, 1.165) is 58.2 Å². The average Bonchev–Trinajstić information content (AvgIpc) is 2.61. The molecule has 2 N–H and O–H groups in total. The normalized spacial score (nSPS) is 23.1. The molecule has 0 radical (unpaired) electrons. The van der Waals surface area contributed by atoms with Crippen LogP contribution in [0.2, 0.25) is 0 Å². The third kappa shape index (κ3) is 4.91. The number of carbonyl (C=O) groups is 2. The van der Waals surface area contributed by atoms with E-state index in [0.29, 0.717) is 19.6 Å². The van der Waals surface area contributed by atoms with Crippen LogP contribution in [0.15, 0.2) is 0 Å². The van der Waals surface area contributed by atoms with Gasteiger partial charge in [-0.15, -0.1) is 0 Å². The predicted molar refractivity (Wildman–Crippen MR) is 88.9 cm³/mol. The third-order valence-electron chi connectivity index (χ3n) is 4.87. The van der Waals surface area contributed by atoms with Gasteiger partial charge < -0.3 is 20.3 Å². The molecule has 2 fully saturated rings. The minimum absolute atomic E-state index is 0.100. The highest BCUT2D eigenvalue weighted by Crippen LogP contribution is 2.22. The minimum atomic E-state index is -0.245. The van der Waals surface area contributed by atoms with Crippen LogP contribution in [0.3, 0.4) is 0 Å². The number of nitrogens with two attached hydrogens (primary N) is 1. The number of carbonyl (C=O) groups excluding carboxylic acids is 2. The summed E-state index contributed by atoms with van der Waals surface area (Å²) in [6.07, 6.45) is 6.20. The van der Waals surface area contributed by atoms with Crippen molar-refractivity contribution in [2.24, 2.45) is 5.73 Å². The van der Waals surface area contributed by atoms with Crippen LogP contribution in [-0.4, -0.2) is 66.5 Å². The van der Waals surface area contributed by atoms with Crippen molar-refractivity contribution in [2.75, 3.05) is 32.8 Å². The maximum atomic E-state index is 12.8. The number of ether oxygens (including phenoxy) is 1. The van der Waals surface area contributed by atoms with E-state index in [2.05, 4.69) is 0 Å². The molecule has 0 aliphatic carbocycles. The Morgan fingerprint density at radius 3 is 2.52 bits per heavy atom. The quantitative estimate of drug-likeness (QED) is 0.743. The van der Waals surface area contributed by atoms with E-state index in [1.807, 2.05) is 11.8 Å². The molecular weight excluding hydrogens is 294 g/mol. The van der Waals surface area contributed by atoms with E-state index in [1.165, 1.54) is 0 Å². The summed E-state index contributed by atoms with van der Waals surface area (Å²) >= 11 is 0. The molecule has 0 aromatic carbocycles. The number of nitrogens with zero attached hydrogens (tertiary/aromatic N) is 2. The summed E-state index contributed by atoms with van der Waals surface area (Å²) in [6, 6.07) is -0.245. The molecule has 132 valence electrons. The third-order valence-corrected chi connectivity index (χ3v) is 4.87. The van der Waals surface area contributed by atoms with Gasteiger partial charge >= 0.3 is 0 Å². The molecule has 0 aromatic heterocycles. The van der Waals surface area contributed by atoms with Crippen molar-refractivity contribution in [3.05, 3.63) is 0 Å². The maximum Gasteiger partial charge on any atom is 0.245 e. The van der Waals surface area contributed by atoms with Crippen LogP contribution in [0.1, 0.15) is 51.9 Å². The largest absolute Gasteiger partial charge is 0.378 e. The molecule has 2 aliphatic rings. The molecule has 0 saturated carbocycles. The number of likely N-dealkylation sites (tertiary alicyclic amines) is 2. The minimum Gasteiger partial charge on any atom is -0.378 e. The SMILES string of the molecule is CCC(=O)N1CCCCC1C(=O)N1CCC(OCCCN)CC1. The van der Waals surface area contributed by atoms with Crippen molar-refractivity contribution < 1.29 is 14.3 Å². The summed E-state index contributed by atoms with van der Waals surface area (Å²) in [7, 11) is 0. The van der Waals surface area contributed by atoms with Crippen molar-refractivity contribution in [3.63, 3.8) is 0 Å². The van der Waals surface area contributed by atoms with E-state index in [-0.39, 0.29) is 24.0 Å². The van der Waals surface area contributed by atoms with Gasteiger partial charge in [0, 0.05) is 32.7 Å². The molecule has 2 amide bonds. The lowest BCUT2D eigenvalue weighted by atomic mass is 9.98. The molecule has 6 nitrogen and oxygen atoms in total. The fourth-order valence-corrected chi connectivity index (χ4v) is 3.48. The number of hydrogen-bond donors (Lipinski definition) is 1. The molecule has 2 heterocycles. The van der Waals surface area contributed by atoms with Crippen LogP contribution in [0.4, 0.5) is 0 Å². The molecule has 2 saturated heterocycles. The first kappa shape index (κ1) is 18.2. The van der Waals surface area contributed by atoms with Gasteiger partial charge in [0.1, 0.15) is 6.04 Å². The van der Waals surface area contributed by atoms with Crippen LogP contribution in [0.25, 0.3) is 0 Å². The van der Waals surface area contributed by atoms with Gasteiger partial charge in [0.15, 0.2) is 0 Å². The Kier molecular flexibility index (Phi) is 7.30. The summed E-state index contributed by atoms with van der Waals surface area (Å²) < 4.78 is 5.79. The zero-order valence-electron chi connectivity index (χ0n) is 14.3. The standard InChI is InChI=1S/C17H31N3O3/c1-2-16(21)20-10-4-3-6-15(20)17(22)19-11-7-14(8-12-19)23-13-5-9-18/h14-15H,2-13,18H2,1H3. The molecule has 6 heteroatoms. The fraction of sp³-hybridized carbons (Fsp3) is 0.882. The van der Waals surface area contributed by atoms with Crippen molar-refractivity contribution >= 4 is 11.8 Å². The van der Waals surface area contributed by atoms with Crippen molar-refractivity contribution in [1.29, 1.82) is 0 Å². The Balaban J connectivity index is 1.84. The zero-order chi connectivity index (χ0) is 16.7. The summed E-state index contributed by atoms with van der Waals surface area (Å²) in [5.74, 6) is 0.231. The van der Waals surface area contributed by atoms with Crippen LogP contribution < -0.4 is 5.73 Å². The van der Waals surface area contributed by atoms with E-state index in [4.69, 9.17) is 10.5 Å². The molecule has 0 aromatic rings. The smallest absolute Gasteiger partial charge is 0.245 e. The lowest BCUT2D eigenvalue weighted by molar-refractivity contribution is -0.149. The second-order valence-electron chi connectivity index (χ2n) is 6.49. The molecule has 0 spiro atoms. The van der Waals surface area contributed by atoms with Gasteiger partial charge in [-0.1, -0.05) is 6.92 Å². The Hall–Kier alpha value is -1.14. The highest BCUT2D eigenvalue weighted by Gasteiger charge is 2.35. The van der Waals surface area contributed by atoms with E-state index < -0.39 is 0 Å². The molecule has 2 aliphatic heterocycles. The van der Waals surface area contributed by atoms with Crippen LogP contribution in [0.5, 0.6) is 0 Å². The van der Waals surface area contributed by atoms with Gasteiger partial charge in [-0.25, -0.2) is 0 Å². The topological polar surface area (TPSA) is 75.9 Å². The molecule has 0 bridgehead atoms. The highest BCUT2D eigenvalue weighted by molar-refractivity contribution is 5.87. The Morgan fingerprint density at radius 2 is 1.87 bits per heavy atom. The Bertz CT molecular complexity index is 395. The lowest BCUT2D eigenvalue weighted by Crippen LogP contribution is -2.54. The van der Waals surface area contributed by atoms with Gasteiger partial charge in [0.2, 0.25) is 11.8 Å². The summed E-state index contributed by atoms with van der Waals surface area (Å²) in [5.41, 5.74) is 5.47. The van der Waals surface area contributed by atoms with Gasteiger partial charge in [-0.2, -0.15) is 0 Å². The average molecular weight is 325 g/mol. The van der Waals surface area contributed by atoms with E-state index in [1.54, 1.807) is 4.90 Å². The van der Waals surface area contributed by atoms with Gasteiger partial charge in [-0.05, 0) is 45.1 Å². The molecule has 23 heavy (non-hydrogen) atoms. The lowest BCUT2D eigenvalue weighted by Gasteiger charge is -2.40. The van der Waals surface area contributed by atoms with Crippen molar-refractivity contribution in [3.8, 4) is 0 Å². The summed E-state index contributed by atoms with van der Waals surface area (Å²) in [6.45, 7) is 5.41. The Labute approximate surface area is 139 Å². The summed E-state index contributed by atoms with van der Waals surface area (Å²) in [5, 5.41) is 0. The molecular formula is C17H31N3O3. The molecule has 1 unspecified atom stereocenters. The van der Waals surface area contributed by atoms with Crippen molar-refractivity contribution in [1.82, 2.24) is 9.80 Å². The first-order chi connectivity index (χ1) is 11.2. The predicted octanol–water partition coefficient (Wildman–Crippen LogP) is 1.13. The Morgan fingerprint density at radius 1 is 1.13 bits per heavy atom. The van der Waals surface area contributed by atoms with Gasteiger partial charge in [0.05, 0.1) is 6.10 Å².